The highest BCUT2D eigenvalue weighted by Gasteiger charge is 2.11. The van der Waals surface area contributed by atoms with E-state index in [9.17, 15) is 9.59 Å². The first kappa shape index (κ1) is 17.0. The number of rotatable bonds is 5. The summed E-state index contributed by atoms with van der Waals surface area (Å²) in [6.45, 7) is 1.85. The maximum absolute atomic E-state index is 12.0. The van der Waals surface area contributed by atoms with Crippen molar-refractivity contribution in [3.63, 3.8) is 0 Å². The van der Waals surface area contributed by atoms with Gasteiger partial charge in [-0.3, -0.25) is 0 Å². The minimum Gasteiger partial charge on any atom is -0.462 e. The van der Waals surface area contributed by atoms with Crippen molar-refractivity contribution in [2.75, 3.05) is 6.61 Å². The van der Waals surface area contributed by atoms with E-state index in [0.29, 0.717) is 16.9 Å². The van der Waals surface area contributed by atoms with E-state index in [1.807, 2.05) is 0 Å². The molecular weight excluding hydrogens is 306 g/mol. The van der Waals surface area contributed by atoms with Crippen molar-refractivity contribution in [2.45, 2.75) is 6.92 Å². The number of carbonyl (C=O) groups is 2. The zero-order valence-corrected chi connectivity index (χ0v) is 13.1. The molecule has 0 radical (unpaired) electrons. The third kappa shape index (κ3) is 4.55. The summed E-state index contributed by atoms with van der Waals surface area (Å²) in [5, 5.41) is 9.04. The first-order chi connectivity index (χ1) is 11.6. The molecule has 5 heteroatoms. The van der Waals surface area contributed by atoms with Crippen LogP contribution in [0.3, 0.4) is 0 Å². The van der Waals surface area contributed by atoms with Crippen LogP contribution in [-0.2, 0) is 9.53 Å². The smallest absolute Gasteiger partial charge is 0.348 e. The van der Waals surface area contributed by atoms with Gasteiger partial charge in [-0.05, 0) is 42.8 Å². The molecule has 0 aliphatic rings. The molecule has 0 fully saturated rings. The van der Waals surface area contributed by atoms with Crippen molar-refractivity contribution in [3.8, 4) is 11.8 Å². The van der Waals surface area contributed by atoms with E-state index in [4.69, 9.17) is 14.7 Å². The quantitative estimate of drug-likeness (QED) is 0.365. The molecule has 0 heterocycles. The molecule has 0 amide bonds. The van der Waals surface area contributed by atoms with E-state index in [2.05, 4.69) is 0 Å². The van der Waals surface area contributed by atoms with Gasteiger partial charge in [0.15, 0.2) is 0 Å². The van der Waals surface area contributed by atoms with Crippen LogP contribution >= 0.6 is 0 Å². The molecule has 2 rings (SSSR count). The lowest BCUT2D eigenvalue weighted by molar-refractivity contribution is -0.137. The van der Waals surface area contributed by atoms with Gasteiger partial charge in [0.05, 0.1) is 12.2 Å². The Balaban J connectivity index is 2.18. The minimum absolute atomic E-state index is 0.122. The number of hydrogen-bond acceptors (Lipinski definition) is 5. The molecule has 2 aromatic rings. The average molecular weight is 321 g/mol. The second kappa shape index (κ2) is 8.30. The summed E-state index contributed by atoms with van der Waals surface area (Å²) in [4.78, 5) is 23.7. The third-order valence-electron chi connectivity index (χ3n) is 3.00. The number of nitriles is 1. The SMILES string of the molecule is CCOC(=O)/C(C#N)=C/c1cccc(OC(=O)c2ccccc2)c1. The molecule has 0 saturated heterocycles. The van der Waals surface area contributed by atoms with Crippen LogP contribution in [0.4, 0.5) is 0 Å². The molecule has 120 valence electrons. The van der Waals surface area contributed by atoms with Gasteiger partial charge in [-0.25, -0.2) is 9.59 Å². The summed E-state index contributed by atoms with van der Waals surface area (Å²) in [5.74, 6) is -0.854. The van der Waals surface area contributed by atoms with Crippen LogP contribution < -0.4 is 4.74 Å². The van der Waals surface area contributed by atoms with Gasteiger partial charge in [-0.1, -0.05) is 30.3 Å². The van der Waals surface area contributed by atoms with Gasteiger partial charge in [0.25, 0.3) is 0 Å². The Bertz CT molecular complexity index is 804. The topological polar surface area (TPSA) is 76.4 Å². The summed E-state index contributed by atoms with van der Waals surface area (Å²) >= 11 is 0. The monoisotopic (exact) mass is 321 g/mol. The Kier molecular flexibility index (Phi) is 5.87. The van der Waals surface area contributed by atoms with Crippen molar-refractivity contribution in [1.82, 2.24) is 0 Å². The molecule has 5 nitrogen and oxygen atoms in total. The summed E-state index contributed by atoms with van der Waals surface area (Å²) in [6, 6.07) is 16.9. The van der Waals surface area contributed by atoms with E-state index in [0.717, 1.165) is 0 Å². The van der Waals surface area contributed by atoms with Crippen molar-refractivity contribution in [3.05, 3.63) is 71.3 Å². The molecule has 24 heavy (non-hydrogen) atoms. The van der Waals surface area contributed by atoms with Crippen LogP contribution in [-0.4, -0.2) is 18.5 Å². The number of carbonyl (C=O) groups excluding carboxylic acids is 2. The molecule has 0 aromatic heterocycles. The van der Waals surface area contributed by atoms with E-state index >= 15 is 0 Å². The Morgan fingerprint density at radius 1 is 1.12 bits per heavy atom. The molecule has 0 saturated carbocycles. The number of ether oxygens (including phenoxy) is 2. The Morgan fingerprint density at radius 2 is 1.88 bits per heavy atom. The lowest BCUT2D eigenvalue weighted by atomic mass is 10.1. The predicted octanol–water partition coefficient (Wildman–Crippen LogP) is 3.38. The fourth-order valence-corrected chi connectivity index (χ4v) is 1.92. The Labute approximate surface area is 139 Å². The molecule has 0 atom stereocenters. The highest BCUT2D eigenvalue weighted by Crippen LogP contribution is 2.18. The van der Waals surface area contributed by atoms with Crippen molar-refractivity contribution in [1.29, 1.82) is 5.26 Å². The highest BCUT2D eigenvalue weighted by molar-refractivity contribution is 5.98. The second-order valence-electron chi connectivity index (χ2n) is 4.72. The normalized spacial score (nSPS) is 10.6. The molecule has 0 aliphatic carbocycles. The van der Waals surface area contributed by atoms with Gasteiger partial charge >= 0.3 is 11.9 Å². The fourth-order valence-electron chi connectivity index (χ4n) is 1.92. The molecule has 0 spiro atoms. The van der Waals surface area contributed by atoms with E-state index in [1.54, 1.807) is 67.6 Å². The second-order valence-corrected chi connectivity index (χ2v) is 4.72. The average Bonchev–Trinajstić information content (AvgIpc) is 2.61. The van der Waals surface area contributed by atoms with Gasteiger partial charge in [0.2, 0.25) is 0 Å². The number of nitrogens with zero attached hydrogens (tertiary/aromatic N) is 1. The Hall–Kier alpha value is -3.39. The molecule has 0 bridgehead atoms. The highest BCUT2D eigenvalue weighted by atomic mass is 16.5. The summed E-state index contributed by atoms with van der Waals surface area (Å²) in [5.41, 5.74) is 0.865. The van der Waals surface area contributed by atoms with Gasteiger partial charge in [-0.15, -0.1) is 0 Å². The van der Waals surface area contributed by atoms with Gasteiger partial charge in [0, 0.05) is 0 Å². The molecule has 0 unspecified atom stereocenters. The first-order valence-corrected chi connectivity index (χ1v) is 7.30. The predicted molar refractivity (Wildman–Crippen MR) is 88.1 cm³/mol. The van der Waals surface area contributed by atoms with Crippen LogP contribution in [0.5, 0.6) is 5.75 Å². The third-order valence-corrected chi connectivity index (χ3v) is 3.00. The summed E-state index contributed by atoms with van der Waals surface area (Å²) in [7, 11) is 0. The van der Waals surface area contributed by atoms with Crippen LogP contribution in [0.15, 0.2) is 60.2 Å². The summed E-state index contributed by atoms with van der Waals surface area (Å²) < 4.78 is 10.1. The van der Waals surface area contributed by atoms with E-state index in [-0.39, 0.29) is 12.2 Å². The maximum Gasteiger partial charge on any atom is 0.348 e. The maximum atomic E-state index is 12.0. The zero-order chi connectivity index (χ0) is 17.4. The van der Waals surface area contributed by atoms with Crippen LogP contribution in [0, 0.1) is 11.3 Å². The van der Waals surface area contributed by atoms with Gasteiger partial charge < -0.3 is 9.47 Å². The van der Waals surface area contributed by atoms with E-state index in [1.165, 1.54) is 6.08 Å². The fraction of sp³-hybridized carbons (Fsp3) is 0.105. The largest absolute Gasteiger partial charge is 0.462 e. The van der Waals surface area contributed by atoms with Crippen molar-refractivity contribution < 1.29 is 19.1 Å². The molecule has 0 N–H and O–H groups in total. The molecular formula is C19H15NO4. The van der Waals surface area contributed by atoms with Crippen LogP contribution in [0.1, 0.15) is 22.8 Å². The standard InChI is InChI=1S/C19H15NO4/c1-2-23-18(21)16(13-20)11-14-7-6-10-17(12-14)24-19(22)15-8-4-3-5-9-15/h3-12H,2H2,1H3/b16-11+. The van der Waals surface area contributed by atoms with Gasteiger partial charge in [-0.2, -0.15) is 5.26 Å². The molecule has 2 aromatic carbocycles. The number of benzene rings is 2. The Morgan fingerprint density at radius 3 is 2.54 bits per heavy atom. The number of hydrogen-bond donors (Lipinski definition) is 0. The van der Waals surface area contributed by atoms with Crippen molar-refractivity contribution in [2.24, 2.45) is 0 Å². The lowest BCUT2D eigenvalue weighted by Crippen LogP contribution is -2.08. The minimum atomic E-state index is -0.688. The van der Waals surface area contributed by atoms with E-state index < -0.39 is 11.9 Å². The first-order valence-electron chi connectivity index (χ1n) is 7.30. The lowest BCUT2D eigenvalue weighted by Gasteiger charge is -2.05. The summed E-state index contributed by atoms with van der Waals surface area (Å²) in [6.07, 6.45) is 1.39. The van der Waals surface area contributed by atoms with Crippen molar-refractivity contribution >= 4 is 18.0 Å². The van der Waals surface area contributed by atoms with Crippen LogP contribution in [0.25, 0.3) is 6.08 Å². The number of esters is 2. The van der Waals surface area contributed by atoms with Gasteiger partial charge in [0.1, 0.15) is 17.4 Å². The molecule has 0 aliphatic heterocycles. The zero-order valence-electron chi connectivity index (χ0n) is 13.1. The van der Waals surface area contributed by atoms with Crippen LogP contribution in [0.2, 0.25) is 0 Å².